The number of thioether (sulfide) groups is 1. The molecular formula is C16H16F3NO2S2. The summed E-state index contributed by atoms with van der Waals surface area (Å²) in [5, 5.41) is 4.65. The van der Waals surface area contributed by atoms with Gasteiger partial charge in [0.1, 0.15) is 5.75 Å². The molecule has 0 radical (unpaired) electrons. The largest absolute Gasteiger partial charge is 0.573 e. The number of benzene rings is 1. The Bertz CT molecular complexity index is 669. The lowest BCUT2D eigenvalue weighted by molar-refractivity contribution is -0.274. The molecule has 0 spiro atoms. The molecule has 0 aliphatic rings. The molecular weight excluding hydrogens is 359 g/mol. The van der Waals surface area contributed by atoms with E-state index in [0.717, 1.165) is 23.3 Å². The Morgan fingerprint density at radius 1 is 1.25 bits per heavy atom. The first-order chi connectivity index (χ1) is 11.4. The third kappa shape index (κ3) is 5.76. The van der Waals surface area contributed by atoms with Crippen LogP contribution in [0, 0.1) is 0 Å². The zero-order valence-corrected chi connectivity index (χ0v) is 14.5. The van der Waals surface area contributed by atoms with Crippen molar-refractivity contribution in [2.24, 2.45) is 0 Å². The van der Waals surface area contributed by atoms with Gasteiger partial charge >= 0.3 is 6.36 Å². The van der Waals surface area contributed by atoms with Gasteiger partial charge in [0, 0.05) is 6.54 Å². The highest BCUT2D eigenvalue weighted by molar-refractivity contribution is 7.98. The standard InChI is InChI=1S/C16H16F3NO2S2/c1-23-8-2-7-20-15(21)14-9-12(10-24-14)11-3-5-13(6-4-11)22-16(17,18)19/h3-6,9-10H,2,7-8H2,1H3,(H,20,21). The lowest BCUT2D eigenvalue weighted by Crippen LogP contribution is -2.23. The van der Waals surface area contributed by atoms with E-state index in [0.29, 0.717) is 11.4 Å². The average Bonchev–Trinajstić information content (AvgIpc) is 3.00. The van der Waals surface area contributed by atoms with Crippen molar-refractivity contribution in [2.45, 2.75) is 12.8 Å². The van der Waals surface area contributed by atoms with Crippen LogP contribution in [-0.4, -0.2) is 30.8 Å². The number of amides is 1. The molecule has 0 fully saturated rings. The van der Waals surface area contributed by atoms with E-state index in [4.69, 9.17) is 0 Å². The molecule has 3 nitrogen and oxygen atoms in total. The number of carbonyl (C=O) groups is 1. The van der Waals surface area contributed by atoms with Gasteiger partial charge in [0.25, 0.3) is 5.91 Å². The maximum absolute atomic E-state index is 12.1. The fraction of sp³-hybridized carbons (Fsp3) is 0.312. The van der Waals surface area contributed by atoms with Crippen molar-refractivity contribution in [3.05, 3.63) is 40.6 Å². The van der Waals surface area contributed by atoms with Gasteiger partial charge in [-0.05, 0) is 53.1 Å². The summed E-state index contributed by atoms with van der Waals surface area (Å²) < 4.78 is 40.3. The Balaban J connectivity index is 1.98. The molecule has 24 heavy (non-hydrogen) atoms. The van der Waals surface area contributed by atoms with Crippen LogP contribution in [0.1, 0.15) is 16.1 Å². The predicted octanol–water partition coefficient (Wildman–Crippen LogP) is 4.80. The van der Waals surface area contributed by atoms with Crippen LogP contribution in [0.2, 0.25) is 0 Å². The zero-order chi connectivity index (χ0) is 17.6. The second-order valence-corrected chi connectivity index (χ2v) is 6.77. The molecule has 0 atom stereocenters. The van der Waals surface area contributed by atoms with Crippen molar-refractivity contribution in [3.8, 4) is 16.9 Å². The minimum Gasteiger partial charge on any atom is -0.406 e. The summed E-state index contributed by atoms with van der Waals surface area (Å²) in [6.45, 7) is 0.621. The Kier molecular flexibility index (Phi) is 6.56. The van der Waals surface area contributed by atoms with Crippen LogP contribution in [0.3, 0.4) is 0 Å². The summed E-state index contributed by atoms with van der Waals surface area (Å²) in [5.41, 5.74) is 1.51. The topological polar surface area (TPSA) is 38.3 Å². The van der Waals surface area contributed by atoms with Crippen molar-refractivity contribution >= 4 is 29.0 Å². The molecule has 1 amide bonds. The number of hydrogen-bond donors (Lipinski definition) is 1. The summed E-state index contributed by atoms with van der Waals surface area (Å²) in [6, 6.07) is 7.30. The van der Waals surface area contributed by atoms with Crippen LogP contribution in [0.5, 0.6) is 5.75 Å². The number of carbonyl (C=O) groups excluding carboxylic acids is 1. The number of ether oxygens (including phenoxy) is 1. The van der Waals surface area contributed by atoms with Gasteiger partial charge in [0.2, 0.25) is 0 Å². The molecule has 0 aliphatic heterocycles. The van der Waals surface area contributed by atoms with Crippen LogP contribution in [0.25, 0.3) is 11.1 Å². The van der Waals surface area contributed by atoms with Crippen molar-refractivity contribution in [2.75, 3.05) is 18.6 Å². The number of nitrogens with one attached hydrogen (secondary N) is 1. The summed E-state index contributed by atoms with van der Waals surface area (Å²) in [7, 11) is 0. The highest BCUT2D eigenvalue weighted by Gasteiger charge is 2.30. The Morgan fingerprint density at radius 3 is 2.58 bits per heavy atom. The highest BCUT2D eigenvalue weighted by Crippen LogP contribution is 2.29. The lowest BCUT2D eigenvalue weighted by atomic mass is 10.1. The summed E-state index contributed by atoms with van der Waals surface area (Å²) in [4.78, 5) is 12.6. The number of hydrogen-bond acceptors (Lipinski definition) is 4. The molecule has 0 saturated heterocycles. The molecule has 2 aromatic rings. The SMILES string of the molecule is CSCCCNC(=O)c1cc(-c2ccc(OC(F)(F)F)cc2)cs1. The number of alkyl halides is 3. The van der Waals surface area contributed by atoms with E-state index in [9.17, 15) is 18.0 Å². The van der Waals surface area contributed by atoms with Gasteiger partial charge in [0.15, 0.2) is 0 Å². The minimum absolute atomic E-state index is 0.135. The van der Waals surface area contributed by atoms with Gasteiger partial charge < -0.3 is 10.1 Å². The molecule has 0 aliphatic carbocycles. The highest BCUT2D eigenvalue weighted by atomic mass is 32.2. The van der Waals surface area contributed by atoms with E-state index >= 15 is 0 Å². The zero-order valence-electron chi connectivity index (χ0n) is 12.9. The Hall–Kier alpha value is -1.67. The van der Waals surface area contributed by atoms with Crippen LogP contribution < -0.4 is 10.1 Å². The fourth-order valence-corrected chi connectivity index (χ4v) is 3.23. The first-order valence-corrected chi connectivity index (χ1v) is 9.38. The van der Waals surface area contributed by atoms with Crippen molar-refractivity contribution in [1.29, 1.82) is 0 Å². The van der Waals surface area contributed by atoms with E-state index in [-0.39, 0.29) is 11.7 Å². The second-order valence-electron chi connectivity index (χ2n) is 4.87. The molecule has 1 aromatic carbocycles. The first-order valence-electron chi connectivity index (χ1n) is 7.11. The van der Waals surface area contributed by atoms with Gasteiger partial charge in [-0.3, -0.25) is 4.79 Å². The smallest absolute Gasteiger partial charge is 0.406 e. The quantitative estimate of drug-likeness (QED) is 0.707. The van der Waals surface area contributed by atoms with Crippen LogP contribution in [0.4, 0.5) is 13.2 Å². The molecule has 1 heterocycles. The molecule has 1 aromatic heterocycles. The van der Waals surface area contributed by atoms with Crippen LogP contribution >= 0.6 is 23.1 Å². The predicted molar refractivity (Wildman–Crippen MR) is 91.8 cm³/mol. The van der Waals surface area contributed by atoms with Gasteiger partial charge in [0.05, 0.1) is 4.88 Å². The summed E-state index contributed by atoms with van der Waals surface area (Å²) >= 11 is 3.03. The van der Waals surface area contributed by atoms with Crippen molar-refractivity contribution in [3.63, 3.8) is 0 Å². The molecule has 0 bridgehead atoms. The van der Waals surface area contributed by atoms with E-state index in [2.05, 4.69) is 10.1 Å². The molecule has 1 N–H and O–H groups in total. The van der Waals surface area contributed by atoms with Gasteiger partial charge in [-0.2, -0.15) is 11.8 Å². The second kappa shape index (κ2) is 8.43. The van der Waals surface area contributed by atoms with Gasteiger partial charge in [-0.1, -0.05) is 12.1 Å². The number of halogens is 3. The normalized spacial score (nSPS) is 11.3. The van der Waals surface area contributed by atoms with Crippen LogP contribution in [0.15, 0.2) is 35.7 Å². The van der Waals surface area contributed by atoms with E-state index in [1.807, 2.05) is 6.26 Å². The number of thiophene rings is 1. The van der Waals surface area contributed by atoms with E-state index < -0.39 is 6.36 Å². The fourth-order valence-electron chi connectivity index (χ4n) is 1.96. The van der Waals surface area contributed by atoms with Gasteiger partial charge in [-0.15, -0.1) is 24.5 Å². The molecule has 0 unspecified atom stereocenters. The Morgan fingerprint density at radius 2 is 1.96 bits per heavy atom. The first kappa shape index (κ1) is 18.7. The third-order valence-electron chi connectivity index (χ3n) is 3.06. The maximum atomic E-state index is 12.1. The third-order valence-corrected chi connectivity index (χ3v) is 4.68. The molecule has 2 rings (SSSR count). The molecule has 0 saturated carbocycles. The summed E-state index contributed by atoms with van der Waals surface area (Å²) in [6.07, 6.45) is -1.78. The molecule has 130 valence electrons. The summed E-state index contributed by atoms with van der Waals surface area (Å²) in [5.74, 6) is 0.583. The lowest BCUT2D eigenvalue weighted by Gasteiger charge is -2.08. The monoisotopic (exact) mass is 375 g/mol. The number of rotatable bonds is 7. The maximum Gasteiger partial charge on any atom is 0.573 e. The van der Waals surface area contributed by atoms with Gasteiger partial charge in [-0.25, -0.2) is 0 Å². The Labute approximate surface area is 146 Å². The van der Waals surface area contributed by atoms with Crippen molar-refractivity contribution < 1.29 is 22.7 Å². The minimum atomic E-state index is -4.70. The van der Waals surface area contributed by atoms with Crippen LogP contribution in [-0.2, 0) is 0 Å². The van der Waals surface area contributed by atoms with Crippen molar-refractivity contribution in [1.82, 2.24) is 5.32 Å². The molecule has 8 heteroatoms. The van der Waals surface area contributed by atoms with E-state index in [1.165, 1.54) is 35.6 Å². The van der Waals surface area contributed by atoms with E-state index in [1.54, 1.807) is 23.2 Å². The average molecular weight is 375 g/mol.